The minimum Gasteiger partial charge on any atom is -0.508 e. The van der Waals surface area contributed by atoms with E-state index in [0.29, 0.717) is 23.7 Å². The Bertz CT molecular complexity index is 1110. The van der Waals surface area contributed by atoms with Gasteiger partial charge in [-0.05, 0) is 47.2 Å². The van der Waals surface area contributed by atoms with Crippen molar-refractivity contribution in [2.24, 2.45) is 0 Å². The lowest BCUT2D eigenvalue weighted by Crippen LogP contribution is -2.11. The number of anilines is 1. The second-order valence-electron chi connectivity index (χ2n) is 8.04. The first kappa shape index (κ1) is 18.9. The zero-order valence-corrected chi connectivity index (χ0v) is 16.8. The third-order valence-electron chi connectivity index (χ3n) is 4.80. The number of benzene rings is 2. The molecule has 7 heteroatoms. The van der Waals surface area contributed by atoms with Gasteiger partial charge in [0.15, 0.2) is 11.2 Å². The lowest BCUT2D eigenvalue weighted by molar-refractivity contribution is 0.475. The van der Waals surface area contributed by atoms with E-state index in [-0.39, 0.29) is 11.2 Å². The summed E-state index contributed by atoms with van der Waals surface area (Å²) < 4.78 is 1.73. The van der Waals surface area contributed by atoms with Crippen molar-refractivity contribution < 1.29 is 5.11 Å². The molecular weight excluding hydrogens is 364 g/mol. The quantitative estimate of drug-likeness (QED) is 0.540. The van der Waals surface area contributed by atoms with Crippen molar-refractivity contribution in [3.63, 3.8) is 0 Å². The fraction of sp³-hybridized carbons (Fsp3) is 0.273. The number of nitrogens with one attached hydrogen (secondary N) is 1. The van der Waals surface area contributed by atoms with Gasteiger partial charge >= 0.3 is 0 Å². The molecule has 0 bridgehead atoms. The molecule has 0 saturated carbocycles. The standard InChI is InChI=1S/C22H24N6O/c1-22(2,3)16-6-8-17(9-7-16)28-20-19(26-27-28)14-24-21(25-20)23-13-12-15-4-10-18(29)11-5-15/h4-11,14,29H,12-13H2,1-3H3,(H,23,24,25). The summed E-state index contributed by atoms with van der Waals surface area (Å²) in [7, 11) is 0. The van der Waals surface area contributed by atoms with E-state index < -0.39 is 0 Å². The highest BCUT2D eigenvalue weighted by atomic mass is 16.3. The number of phenols is 1. The Morgan fingerprint density at radius 2 is 1.72 bits per heavy atom. The molecule has 0 aliphatic rings. The molecule has 2 N–H and O–H groups in total. The summed E-state index contributed by atoms with van der Waals surface area (Å²) >= 11 is 0. The highest BCUT2D eigenvalue weighted by molar-refractivity contribution is 5.71. The van der Waals surface area contributed by atoms with Gasteiger partial charge in [0.25, 0.3) is 0 Å². The van der Waals surface area contributed by atoms with Gasteiger partial charge in [-0.3, -0.25) is 0 Å². The van der Waals surface area contributed by atoms with Crippen molar-refractivity contribution in [3.05, 3.63) is 65.9 Å². The largest absolute Gasteiger partial charge is 0.508 e. The van der Waals surface area contributed by atoms with E-state index in [1.165, 1.54) is 5.56 Å². The van der Waals surface area contributed by atoms with E-state index in [4.69, 9.17) is 0 Å². The molecule has 0 aliphatic heterocycles. The third-order valence-corrected chi connectivity index (χ3v) is 4.80. The molecule has 0 atom stereocenters. The second-order valence-corrected chi connectivity index (χ2v) is 8.04. The average molecular weight is 388 g/mol. The molecular formula is C22H24N6O. The maximum atomic E-state index is 9.37. The molecule has 2 aromatic carbocycles. The molecule has 2 heterocycles. The van der Waals surface area contributed by atoms with Crippen molar-refractivity contribution >= 4 is 17.1 Å². The van der Waals surface area contributed by atoms with Gasteiger partial charge in [0.1, 0.15) is 5.75 Å². The Kier molecular flexibility index (Phi) is 4.88. The van der Waals surface area contributed by atoms with Crippen LogP contribution in [0.1, 0.15) is 31.9 Å². The molecule has 0 unspecified atom stereocenters. The molecule has 0 aliphatic carbocycles. The Labute approximate surface area is 169 Å². The number of rotatable bonds is 5. The molecule has 0 saturated heterocycles. The van der Waals surface area contributed by atoms with Crippen molar-refractivity contribution in [1.29, 1.82) is 0 Å². The van der Waals surface area contributed by atoms with E-state index in [9.17, 15) is 5.11 Å². The topological polar surface area (TPSA) is 88.8 Å². The van der Waals surface area contributed by atoms with E-state index in [0.717, 1.165) is 17.7 Å². The van der Waals surface area contributed by atoms with E-state index in [1.807, 2.05) is 24.3 Å². The predicted octanol–water partition coefficient (Wildman–Crippen LogP) is 3.87. The SMILES string of the molecule is CC(C)(C)c1ccc(-n2nnc3cnc(NCCc4ccc(O)cc4)nc32)cc1. The number of aromatic hydroxyl groups is 1. The lowest BCUT2D eigenvalue weighted by Gasteiger charge is -2.19. The van der Waals surface area contributed by atoms with Crippen molar-refractivity contribution in [1.82, 2.24) is 25.0 Å². The maximum absolute atomic E-state index is 9.37. The van der Waals surface area contributed by atoms with Gasteiger partial charge < -0.3 is 10.4 Å². The number of nitrogens with zero attached hydrogens (tertiary/aromatic N) is 5. The van der Waals surface area contributed by atoms with Crippen LogP contribution >= 0.6 is 0 Å². The van der Waals surface area contributed by atoms with Crippen LogP contribution in [0.4, 0.5) is 5.95 Å². The molecule has 0 spiro atoms. The van der Waals surface area contributed by atoms with E-state index in [1.54, 1.807) is 23.0 Å². The van der Waals surface area contributed by atoms with Crippen LogP contribution in [0.15, 0.2) is 54.7 Å². The van der Waals surface area contributed by atoms with Crippen LogP contribution in [0.25, 0.3) is 16.9 Å². The normalized spacial score (nSPS) is 11.7. The van der Waals surface area contributed by atoms with Crippen molar-refractivity contribution in [3.8, 4) is 11.4 Å². The summed E-state index contributed by atoms with van der Waals surface area (Å²) in [6, 6.07) is 15.5. The fourth-order valence-corrected chi connectivity index (χ4v) is 3.07. The Hall–Kier alpha value is -3.48. The highest BCUT2D eigenvalue weighted by Crippen LogP contribution is 2.24. The molecule has 7 nitrogen and oxygen atoms in total. The zero-order chi connectivity index (χ0) is 20.4. The van der Waals surface area contributed by atoms with Crippen LogP contribution < -0.4 is 5.32 Å². The minimum absolute atomic E-state index is 0.0969. The van der Waals surface area contributed by atoms with Gasteiger partial charge in [0.2, 0.25) is 5.95 Å². The van der Waals surface area contributed by atoms with E-state index in [2.05, 4.69) is 58.5 Å². The monoisotopic (exact) mass is 388 g/mol. The summed E-state index contributed by atoms with van der Waals surface area (Å²) in [5, 5.41) is 21.0. The molecule has 0 fully saturated rings. The average Bonchev–Trinajstić information content (AvgIpc) is 3.12. The Balaban J connectivity index is 1.52. The lowest BCUT2D eigenvalue weighted by atomic mass is 9.87. The molecule has 4 rings (SSSR count). The highest BCUT2D eigenvalue weighted by Gasteiger charge is 2.15. The first-order chi connectivity index (χ1) is 13.9. The summed E-state index contributed by atoms with van der Waals surface area (Å²) in [5.41, 5.74) is 4.71. The van der Waals surface area contributed by atoms with Crippen LogP contribution in [-0.4, -0.2) is 36.6 Å². The summed E-state index contributed by atoms with van der Waals surface area (Å²) in [5.74, 6) is 0.804. The van der Waals surface area contributed by atoms with Crippen LogP contribution in [0, 0.1) is 0 Å². The van der Waals surface area contributed by atoms with Crippen molar-refractivity contribution in [2.45, 2.75) is 32.6 Å². The van der Waals surface area contributed by atoms with E-state index >= 15 is 0 Å². The van der Waals surface area contributed by atoms with Gasteiger partial charge in [-0.15, -0.1) is 5.10 Å². The van der Waals surface area contributed by atoms with Crippen LogP contribution in [0.5, 0.6) is 5.75 Å². The summed E-state index contributed by atoms with van der Waals surface area (Å²) in [6.07, 6.45) is 2.48. The van der Waals surface area contributed by atoms with Gasteiger partial charge in [-0.1, -0.05) is 50.3 Å². The fourth-order valence-electron chi connectivity index (χ4n) is 3.07. The van der Waals surface area contributed by atoms with Crippen LogP contribution in [0.3, 0.4) is 0 Å². The van der Waals surface area contributed by atoms with Crippen molar-refractivity contribution in [2.75, 3.05) is 11.9 Å². The predicted molar refractivity (Wildman–Crippen MR) is 113 cm³/mol. The van der Waals surface area contributed by atoms with Crippen LogP contribution in [0.2, 0.25) is 0 Å². The summed E-state index contributed by atoms with van der Waals surface area (Å²) in [6.45, 7) is 7.25. The minimum atomic E-state index is 0.0969. The molecule has 0 amide bonds. The number of fused-ring (bicyclic) bond motifs is 1. The first-order valence-electron chi connectivity index (χ1n) is 9.61. The second kappa shape index (κ2) is 7.50. The molecule has 4 aromatic rings. The maximum Gasteiger partial charge on any atom is 0.224 e. The molecule has 29 heavy (non-hydrogen) atoms. The summed E-state index contributed by atoms with van der Waals surface area (Å²) in [4.78, 5) is 8.93. The number of hydrogen-bond acceptors (Lipinski definition) is 6. The number of aromatic nitrogens is 5. The number of hydrogen-bond donors (Lipinski definition) is 2. The van der Waals surface area contributed by atoms with Gasteiger partial charge in [0, 0.05) is 6.54 Å². The first-order valence-corrected chi connectivity index (χ1v) is 9.61. The van der Waals surface area contributed by atoms with Gasteiger partial charge in [0.05, 0.1) is 11.9 Å². The van der Waals surface area contributed by atoms with Crippen LogP contribution in [-0.2, 0) is 11.8 Å². The third kappa shape index (κ3) is 4.18. The number of phenolic OH excluding ortho intramolecular Hbond substituents is 1. The Morgan fingerprint density at radius 1 is 1.00 bits per heavy atom. The Morgan fingerprint density at radius 3 is 2.41 bits per heavy atom. The van der Waals surface area contributed by atoms with Gasteiger partial charge in [-0.2, -0.15) is 9.67 Å². The van der Waals surface area contributed by atoms with Gasteiger partial charge in [-0.25, -0.2) is 4.98 Å². The smallest absolute Gasteiger partial charge is 0.224 e. The molecule has 2 aromatic heterocycles. The molecule has 148 valence electrons. The molecule has 0 radical (unpaired) electrons. The zero-order valence-electron chi connectivity index (χ0n) is 16.8.